The molecule has 4 atom stereocenters. The maximum absolute atomic E-state index is 13.5. The molecule has 0 radical (unpaired) electrons. The van der Waals surface area contributed by atoms with Crippen molar-refractivity contribution in [1.29, 1.82) is 0 Å². The third kappa shape index (κ3) is 8.47. The predicted octanol–water partition coefficient (Wildman–Crippen LogP) is 6.08. The number of hydrogen-bond acceptors (Lipinski definition) is 10. The summed E-state index contributed by atoms with van der Waals surface area (Å²) in [5, 5.41) is 5.37. The summed E-state index contributed by atoms with van der Waals surface area (Å²) in [6.07, 6.45) is 5.57. The normalized spacial score (nSPS) is 18.0. The van der Waals surface area contributed by atoms with Crippen LogP contribution in [-0.4, -0.2) is 93.1 Å². The van der Waals surface area contributed by atoms with Gasteiger partial charge in [0.25, 0.3) is 0 Å². The Bertz CT molecular complexity index is 1900. The molecule has 2 aliphatic rings. The topological polar surface area (TPSA) is 175 Å². The van der Waals surface area contributed by atoms with E-state index >= 15 is 0 Å². The monoisotopic (exact) mass is 774 g/mol. The van der Waals surface area contributed by atoms with E-state index in [1.54, 1.807) is 44.9 Å². The molecule has 286 valence electrons. The number of thiophene rings is 2. The number of H-pyrrole nitrogens is 2. The number of nitrogens with zero attached hydrogens (tertiary/aromatic N) is 4. The lowest BCUT2D eigenvalue weighted by atomic mass is 10.0. The van der Waals surface area contributed by atoms with E-state index in [2.05, 4.69) is 42.4 Å². The third-order valence-corrected chi connectivity index (χ3v) is 11.8. The van der Waals surface area contributed by atoms with Crippen LogP contribution in [0.2, 0.25) is 0 Å². The summed E-state index contributed by atoms with van der Waals surface area (Å²) in [6, 6.07) is 6.19. The molecule has 4 aromatic rings. The van der Waals surface area contributed by atoms with E-state index in [9.17, 15) is 19.2 Å². The van der Waals surface area contributed by atoms with Gasteiger partial charge in [-0.25, -0.2) is 19.6 Å². The Morgan fingerprint density at radius 1 is 0.722 bits per heavy atom. The molecule has 6 heterocycles. The molecule has 0 saturated carbocycles. The number of methoxy groups -OCH3 is 2. The molecule has 0 spiro atoms. The van der Waals surface area contributed by atoms with E-state index < -0.39 is 24.3 Å². The fourth-order valence-electron chi connectivity index (χ4n) is 6.87. The quantitative estimate of drug-likeness (QED) is 0.140. The van der Waals surface area contributed by atoms with Crippen LogP contribution in [0.5, 0.6) is 0 Å². The van der Waals surface area contributed by atoms with Crippen LogP contribution in [0.3, 0.4) is 0 Å². The Labute approximate surface area is 322 Å². The zero-order valence-corrected chi connectivity index (χ0v) is 32.9. The van der Waals surface area contributed by atoms with Crippen LogP contribution in [0.1, 0.15) is 86.9 Å². The lowest BCUT2D eigenvalue weighted by molar-refractivity contribution is -0.136. The second-order valence-corrected chi connectivity index (χ2v) is 16.2. The zero-order chi connectivity index (χ0) is 38.5. The Balaban J connectivity index is 1.10. The van der Waals surface area contributed by atoms with Crippen LogP contribution in [0.15, 0.2) is 36.7 Å². The molecule has 0 aromatic carbocycles. The van der Waals surface area contributed by atoms with E-state index in [-0.39, 0.29) is 35.7 Å². The standard InChI is InChI=1S/C38H46N8O6S2/c1-21(2)31(43-37(49)51-5)35(47)45-17-7-9-27(45)33-39-19-25(41-33)29-15-13-23(53-29)11-12-24-14-16-30(54-24)26-20-40-34(42-26)28-10-8-18-46(28)36(48)32(22(3)4)44-38(50)52-6/h13-16,19-22,27-28,31-32H,7-10,17-18H2,1-6H3,(H,39,41)(H,40,42)(H,43,49)(H,44,50). The summed E-state index contributed by atoms with van der Waals surface area (Å²) in [6.45, 7) is 8.76. The summed E-state index contributed by atoms with van der Waals surface area (Å²) in [4.78, 5) is 74.4. The number of carbonyl (C=O) groups is 4. The van der Waals surface area contributed by atoms with Crippen LogP contribution in [0, 0.1) is 23.7 Å². The van der Waals surface area contributed by atoms with Gasteiger partial charge in [0.05, 0.1) is 69.6 Å². The van der Waals surface area contributed by atoms with Crippen molar-refractivity contribution in [2.24, 2.45) is 11.8 Å². The molecule has 14 nitrogen and oxygen atoms in total. The van der Waals surface area contributed by atoms with Gasteiger partial charge in [0.15, 0.2) is 0 Å². The average molecular weight is 775 g/mol. The number of amides is 4. The van der Waals surface area contributed by atoms with Crippen LogP contribution in [0.25, 0.3) is 21.1 Å². The molecule has 2 fully saturated rings. The number of aromatic nitrogens is 4. The molecule has 2 saturated heterocycles. The van der Waals surface area contributed by atoms with Gasteiger partial charge in [-0.15, -0.1) is 22.7 Å². The number of nitrogens with one attached hydrogen (secondary N) is 4. The first-order chi connectivity index (χ1) is 26.0. The minimum atomic E-state index is -0.690. The highest BCUT2D eigenvalue weighted by atomic mass is 32.1. The number of carbonyl (C=O) groups excluding carboxylic acids is 4. The van der Waals surface area contributed by atoms with Gasteiger partial charge in [-0.2, -0.15) is 0 Å². The van der Waals surface area contributed by atoms with E-state index in [1.807, 2.05) is 52.0 Å². The second kappa shape index (κ2) is 16.9. The highest BCUT2D eigenvalue weighted by Crippen LogP contribution is 2.36. The molecule has 0 aliphatic carbocycles. The molecular weight excluding hydrogens is 729 g/mol. The van der Waals surface area contributed by atoms with Gasteiger partial charge >= 0.3 is 12.2 Å². The Morgan fingerprint density at radius 2 is 1.13 bits per heavy atom. The molecule has 54 heavy (non-hydrogen) atoms. The van der Waals surface area contributed by atoms with E-state index in [0.717, 1.165) is 56.6 Å². The smallest absolute Gasteiger partial charge is 0.407 e. The van der Waals surface area contributed by atoms with Gasteiger partial charge in [-0.3, -0.25) is 9.59 Å². The maximum Gasteiger partial charge on any atom is 0.407 e. The minimum absolute atomic E-state index is 0.107. The molecule has 16 heteroatoms. The highest BCUT2D eigenvalue weighted by molar-refractivity contribution is 7.16. The molecular formula is C38H46N8O6S2. The first-order valence-corrected chi connectivity index (χ1v) is 19.7. The van der Waals surface area contributed by atoms with Gasteiger partial charge in [0.1, 0.15) is 23.7 Å². The van der Waals surface area contributed by atoms with Gasteiger partial charge in [-0.05, 0) is 73.6 Å². The van der Waals surface area contributed by atoms with E-state index in [0.29, 0.717) is 24.7 Å². The molecule has 6 rings (SSSR count). The average Bonchev–Trinajstić information content (AvgIpc) is 4.01. The molecule has 0 bridgehead atoms. The Hall–Kier alpha value is -5.14. The van der Waals surface area contributed by atoms with Crippen LogP contribution >= 0.6 is 22.7 Å². The summed E-state index contributed by atoms with van der Waals surface area (Å²) >= 11 is 3.11. The SMILES string of the molecule is COC(=O)NC(C(=O)N1CCCC1c1ncc(-c2ccc(C#Cc3ccc(-c4cnc(C5CCCN5C(=O)C(NC(=O)OC)C(C)C)[nH]4)s3)s2)[nH]1)C(C)C. The van der Waals surface area contributed by atoms with E-state index in [4.69, 9.17) is 9.47 Å². The largest absolute Gasteiger partial charge is 0.453 e. The van der Waals surface area contributed by atoms with Gasteiger partial charge in [0, 0.05) is 13.1 Å². The first kappa shape index (κ1) is 38.6. The van der Waals surface area contributed by atoms with Crippen molar-refractivity contribution in [3.8, 4) is 33.0 Å². The maximum atomic E-state index is 13.5. The number of rotatable bonds is 10. The number of alkyl carbamates (subject to hydrolysis) is 2. The number of ether oxygens (including phenoxy) is 2. The molecule has 4 amide bonds. The lowest BCUT2D eigenvalue weighted by Crippen LogP contribution is -2.51. The van der Waals surface area contributed by atoms with Crippen molar-refractivity contribution in [3.63, 3.8) is 0 Å². The fraction of sp³-hybridized carbons (Fsp3) is 0.474. The van der Waals surface area contributed by atoms with Gasteiger partial charge < -0.3 is 39.9 Å². The van der Waals surface area contributed by atoms with Crippen LogP contribution in [-0.2, 0) is 19.1 Å². The van der Waals surface area contributed by atoms with Crippen molar-refractivity contribution in [3.05, 3.63) is 58.1 Å². The third-order valence-electron chi connectivity index (χ3n) is 9.73. The second-order valence-electron chi connectivity index (χ2n) is 14.0. The van der Waals surface area contributed by atoms with Crippen LogP contribution < -0.4 is 10.6 Å². The first-order valence-electron chi connectivity index (χ1n) is 18.1. The van der Waals surface area contributed by atoms with E-state index in [1.165, 1.54) is 14.2 Å². The van der Waals surface area contributed by atoms with Gasteiger partial charge in [0.2, 0.25) is 11.8 Å². The highest BCUT2D eigenvalue weighted by Gasteiger charge is 2.39. The summed E-state index contributed by atoms with van der Waals surface area (Å²) in [7, 11) is 2.57. The van der Waals surface area contributed by atoms with Crippen molar-refractivity contribution < 1.29 is 28.7 Å². The van der Waals surface area contributed by atoms with Crippen molar-refractivity contribution in [2.75, 3.05) is 27.3 Å². The summed E-state index contributed by atoms with van der Waals surface area (Å²) in [5.74, 6) is 7.50. The molecule has 2 aliphatic heterocycles. The molecule has 4 aromatic heterocycles. The number of likely N-dealkylation sites (tertiary alicyclic amines) is 2. The van der Waals surface area contributed by atoms with Crippen LogP contribution in [0.4, 0.5) is 9.59 Å². The molecule has 4 N–H and O–H groups in total. The van der Waals surface area contributed by atoms with Crippen molar-refractivity contribution in [1.82, 2.24) is 40.4 Å². The fourth-order valence-corrected chi connectivity index (χ4v) is 8.52. The number of aromatic amines is 2. The summed E-state index contributed by atoms with van der Waals surface area (Å²) in [5.41, 5.74) is 1.71. The Kier molecular flexibility index (Phi) is 12.1. The zero-order valence-electron chi connectivity index (χ0n) is 31.2. The Morgan fingerprint density at radius 3 is 1.50 bits per heavy atom. The summed E-state index contributed by atoms with van der Waals surface area (Å²) < 4.78 is 9.49. The van der Waals surface area contributed by atoms with Gasteiger partial charge in [-0.1, -0.05) is 27.7 Å². The lowest BCUT2D eigenvalue weighted by Gasteiger charge is -2.30. The molecule has 4 unspecified atom stereocenters. The van der Waals surface area contributed by atoms with Crippen molar-refractivity contribution in [2.45, 2.75) is 77.5 Å². The predicted molar refractivity (Wildman–Crippen MR) is 205 cm³/mol. The number of hydrogen-bond donors (Lipinski definition) is 4. The number of imidazole rings is 2. The minimum Gasteiger partial charge on any atom is -0.453 e. The van der Waals surface area contributed by atoms with Crippen molar-refractivity contribution >= 4 is 46.7 Å².